The molecule has 18 heavy (non-hydrogen) atoms. The highest BCUT2D eigenvalue weighted by Crippen LogP contribution is 2.39. The molecule has 0 aliphatic heterocycles. The Labute approximate surface area is 105 Å². The van der Waals surface area contributed by atoms with Crippen molar-refractivity contribution in [1.29, 1.82) is 0 Å². The fraction of sp³-hybridized carbons (Fsp3) is 0.583. The molecule has 1 N–H and O–H groups in total. The van der Waals surface area contributed by atoms with E-state index in [2.05, 4.69) is 15.2 Å². The molecule has 0 unspecified atom stereocenters. The van der Waals surface area contributed by atoms with Crippen molar-refractivity contribution in [3.05, 3.63) is 18.2 Å². The van der Waals surface area contributed by atoms with Gasteiger partial charge in [-0.2, -0.15) is 0 Å². The van der Waals surface area contributed by atoms with E-state index < -0.39 is 0 Å². The second kappa shape index (κ2) is 4.53. The van der Waals surface area contributed by atoms with Crippen molar-refractivity contribution in [2.24, 2.45) is 0 Å². The molecule has 0 aromatic carbocycles. The molecule has 1 fully saturated rings. The van der Waals surface area contributed by atoms with Crippen LogP contribution in [-0.4, -0.2) is 44.4 Å². The average molecular weight is 247 g/mol. The minimum atomic E-state index is 0.111. The van der Waals surface area contributed by atoms with Gasteiger partial charge in [0.1, 0.15) is 5.82 Å². The standard InChI is InChI=1S/C12H17N5O/c1-2-16(7-8-18)11-12-15-14-10(9-3-4-9)17(12)6-5-13-11/h5-6,9,18H,2-4,7-8H2,1H3. The third-order valence-corrected chi connectivity index (χ3v) is 3.33. The van der Waals surface area contributed by atoms with Gasteiger partial charge in [-0.25, -0.2) is 4.98 Å². The van der Waals surface area contributed by atoms with Crippen LogP contribution in [0.3, 0.4) is 0 Å². The first-order chi connectivity index (χ1) is 8.85. The van der Waals surface area contributed by atoms with Crippen LogP contribution in [0.15, 0.2) is 12.4 Å². The van der Waals surface area contributed by atoms with Crippen molar-refractivity contribution in [3.63, 3.8) is 0 Å². The van der Waals surface area contributed by atoms with Gasteiger partial charge in [-0.05, 0) is 19.8 Å². The smallest absolute Gasteiger partial charge is 0.203 e. The van der Waals surface area contributed by atoms with E-state index in [4.69, 9.17) is 5.11 Å². The van der Waals surface area contributed by atoms with Crippen LogP contribution in [-0.2, 0) is 0 Å². The van der Waals surface area contributed by atoms with E-state index in [-0.39, 0.29) is 6.61 Å². The molecule has 96 valence electrons. The summed E-state index contributed by atoms with van der Waals surface area (Å²) in [6.45, 7) is 3.51. The second-order valence-corrected chi connectivity index (χ2v) is 4.58. The number of aliphatic hydroxyl groups excluding tert-OH is 1. The van der Waals surface area contributed by atoms with Gasteiger partial charge in [0.15, 0.2) is 5.82 Å². The van der Waals surface area contributed by atoms with E-state index in [1.54, 1.807) is 6.20 Å². The summed E-state index contributed by atoms with van der Waals surface area (Å²) in [5, 5.41) is 17.6. The first-order valence-corrected chi connectivity index (χ1v) is 6.40. The van der Waals surface area contributed by atoms with Crippen LogP contribution < -0.4 is 4.90 Å². The number of hydrogen-bond acceptors (Lipinski definition) is 5. The van der Waals surface area contributed by atoms with Gasteiger partial charge in [0.25, 0.3) is 0 Å². The molecule has 0 radical (unpaired) electrons. The molecule has 0 amide bonds. The molecule has 0 saturated heterocycles. The Morgan fingerprint density at radius 1 is 1.44 bits per heavy atom. The number of fused-ring (bicyclic) bond motifs is 1. The molecule has 2 aromatic rings. The highest BCUT2D eigenvalue weighted by atomic mass is 16.3. The van der Waals surface area contributed by atoms with Gasteiger partial charge in [-0.3, -0.25) is 4.40 Å². The maximum Gasteiger partial charge on any atom is 0.203 e. The lowest BCUT2D eigenvalue weighted by Gasteiger charge is -2.20. The molecule has 1 saturated carbocycles. The van der Waals surface area contributed by atoms with Gasteiger partial charge in [-0.15, -0.1) is 10.2 Å². The quantitative estimate of drug-likeness (QED) is 0.847. The molecule has 1 aliphatic rings. The Morgan fingerprint density at radius 3 is 2.94 bits per heavy atom. The zero-order chi connectivity index (χ0) is 12.5. The molecule has 3 rings (SSSR count). The monoisotopic (exact) mass is 247 g/mol. The topological polar surface area (TPSA) is 66.5 Å². The van der Waals surface area contributed by atoms with Gasteiger partial charge < -0.3 is 10.0 Å². The Balaban J connectivity index is 2.06. The molecule has 2 heterocycles. The third kappa shape index (κ3) is 1.82. The molecule has 0 atom stereocenters. The van der Waals surface area contributed by atoms with Gasteiger partial charge in [0.2, 0.25) is 5.65 Å². The summed E-state index contributed by atoms with van der Waals surface area (Å²) in [4.78, 5) is 6.40. The minimum Gasteiger partial charge on any atom is -0.395 e. The fourth-order valence-electron chi connectivity index (χ4n) is 2.21. The van der Waals surface area contributed by atoms with E-state index in [9.17, 15) is 0 Å². The highest BCUT2D eigenvalue weighted by molar-refractivity contribution is 5.63. The SMILES string of the molecule is CCN(CCO)c1nccn2c(C3CC3)nnc12. The van der Waals surface area contributed by atoms with Crippen LogP contribution in [0.1, 0.15) is 31.5 Å². The number of aromatic nitrogens is 4. The highest BCUT2D eigenvalue weighted by Gasteiger charge is 2.29. The van der Waals surface area contributed by atoms with Crippen LogP contribution in [0.25, 0.3) is 5.65 Å². The molecule has 0 bridgehead atoms. The van der Waals surface area contributed by atoms with Crippen LogP contribution in [0.2, 0.25) is 0 Å². The van der Waals surface area contributed by atoms with Crippen LogP contribution in [0.4, 0.5) is 5.82 Å². The number of hydrogen-bond donors (Lipinski definition) is 1. The number of anilines is 1. The van der Waals surface area contributed by atoms with E-state index >= 15 is 0 Å². The maximum atomic E-state index is 9.09. The number of nitrogens with zero attached hydrogens (tertiary/aromatic N) is 5. The third-order valence-electron chi connectivity index (χ3n) is 3.33. The Morgan fingerprint density at radius 2 is 2.28 bits per heavy atom. The van der Waals surface area contributed by atoms with Crippen molar-refractivity contribution in [2.75, 3.05) is 24.6 Å². The Hall–Kier alpha value is -1.69. The second-order valence-electron chi connectivity index (χ2n) is 4.58. The lowest BCUT2D eigenvalue weighted by molar-refractivity contribution is 0.302. The van der Waals surface area contributed by atoms with Crippen LogP contribution >= 0.6 is 0 Å². The Bertz CT molecular complexity index is 548. The Kier molecular flexibility index (Phi) is 2.87. The zero-order valence-electron chi connectivity index (χ0n) is 10.5. The predicted octanol–water partition coefficient (Wildman–Crippen LogP) is 0.820. The van der Waals surface area contributed by atoms with Crippen molar-refractivity contribution >= 4 is 11.5 Å². The maximum absolute atomic E-state index is 9.09. The minimum absolute atomic E-state index is 0.111. The zero-order valence-corrected chi connectivity index (χ0v) is 10.5. The number of rotatable bonds is 5. The molecular weight excluding hydrogens is 230 g/mol. The first-order valence-electron chi connectivity index (χ1n) is 6.40. The molecule has 2 aromatic heterocycles. The normalized spacial score (nSPS) is 15.2. The largest absolute Gasteiger partial charge is 0.395 e. The predicted molar refractivity (Wildman–Crippen MR) is 67.7 cm³/mol. The van der Waals surface area contributed by atoms with Crippen molar-refractivity contribution in [2.45, 2.75) is 25.7 Å². The van der Waals surface area contributed by atoms with Gasteiger partial charge >= 0.3 is 0 Å². The number of aliphatic hydroxyl groups is 1. The lowest BCUT2D eigenvalue weighted by Crippen LogP contribution is -2.27. The summed E-state index contributed by atoms with van der Waals surface area (Å²) in [5.74, 6) is 2.39. The fourth-order valence-corrected chi connectivity index (χ4v) is 2.21. The van der Waals surface area contributed by atoms with E-state index in [0.29, 0.717) is 12.5 Å². The summed E-state index contributed by atoms with van der Waals surface area (Å²) in [5.41, 5.74) is 0.787. The van der Waals surface area contributed by atoms with Gasteiger partial charge in [0, 0.05) is 31.4 Å². The molecule has 1 aliphatic carbocycles. The number of likely N-dealkylation sites (N-methyl/N-ethyl adjacent to an activating group) is 1. The average Bonchev–Trinajstić information content (AvgIpc) is 3.15. The van der Waals surface area contributed by atoms with Gasteiger partial charge in [0.05, 0.1) is 6.61 Å². The van der Waals surface area contributed by atoms with Crippen molar-refractivity contribution in [1.82, 2.24) is 19.6 Å². The molecule has 0 spiro atoms. The van der Waals surface area contributed by atoms with Gasteiger partial charge in [-0.1, -0.05) is 0 Å². The molecule has 6 nitrogen and oxygen atoms in total. The van der Waals surface area contributed by atoms with Crippen molar-refractivity contribution in [3.8, 4) is 0 Å². The lowest BCUT2D eigenvalue weighted by atomic mass is 10.4. The summed E-state index contributed by atoms with van der Waals surface area (Å²) in [6.07, 6.45) is 6.09. The molecular formula is C12H17N5O. The summed E-state index contributed by atoms with van der Waals surface area (Å²) < 4.78 is 2.03. The summed E-state index contributed by atoms with van der Waals surface area (Å²) in [7, 11) is 0. The van der Waals surface area contributed by atoms with Crippen LogP contribution in [0.5, 0.6) is 0 Å². The summed E-state index contributed by atoms with van der Waals surface area (Å²) in [6, 6.07) is 0. The van der Waals surface area contributed by atoms with Crippen molar-refractivity contribution < 1.29 is 5.11 Å². The summed E-state index contributed by atoms with van der Waals surface area (Å²) >= 11 is 0. The molecule has 6 heteroatoms. The van der Waals surface area contributed by atoms with Crippen LogP contribution in [0, 0.1) is 0 Å². The van der Waals surface area contributed by atoms with E-state index in [1.165, 1.54) is 12.8 Å². The van der Waals surface area contributed by atoms with E-state index in [0.717, 1.165) is 23.8 Å². The first kappa shape index (κ1) is 11.4. The van der Waals surface area contributed by atoms with E-state index in [1.807, 2.05) is 22.4 Å².